The van der Waals surface area contributed by atoms with E-state index in [0.717, 1.165) is 85.2 Å². The van der Waals surface area contributed by atoms with E-state index >= 15 is 0 Å². The molecule has 1 N–H and O–H groups in total. The summed E-state index contributed by atoms with van der Waals surface area (Å²) >= 11 is 1.07. The lowest BCUT2D eigenvalue weighted by Gasteiger charge is -2.24. The minimum absolute atomic E-state index is 0.0248. The standard InChI is InChI=1S/C27H29F3N10OS/c1-15(27(28,29)30)40-14-33-36-24(40)26-35-23(12-42-26)34-25(41)19-5-21(39-11-20(32-13-39)16-3-4-16)22(6-31-19)38-9-17-7-37(2)8-18(17)10-38/h5-6,11-18H,3-4,7-10H2,1-2H3,(H,34,41). The van der Waals surface area contributed by atoms with Crippen molar-refractivity contribution in [1.29, 1.82) is 0 Å². The van der Waals surface area contributed by atoms with Gasteiger partial charge in [0.2, 0.25) is 0 Å². The third kappa shape index (κ3) is 5.04. The van der Waals surface area contributed by atoms with Crippen LogP contribution in [0.1, 0.15) is 47.9 Å². The molecule has 0 aromatic carbocycles. The first-order chi connectivity index (χ1) is 20.1. The highest BCUT2D eigenvalue weighted by molar-refractivity contribution is 7.13. The highest BCUT2D eigenvalue weighted by Gasteiger charge is 2.40. The molecule has 0 bridgehead atoms. The van der Waals surface area contributed by atoms with E-state index < -0.39 is 18.1 Å². The number of fused-ring (bicyclic) bond motifs is 1. The maximum Gasteiger partial charge on any atom is 0.408 e. The Morgan fingerprint density at radius 2 is 1.86 bits per heavy atom. The molecular weight excluding hydrogens is 569 g/mol. The van der Waals surface area contributed by atoms with Gasteiger partial charge < -0.3 is 19.7 Å². The lowest BCUT2D eigenvalue weighted by Crippen LogP contribution is -2.28. The van der Waals surface area contributed by atoms with Crippen LogP contribution in [0, 0.1) is 11.8 Å². The Balaban J connectivity index is 1.14. The van der Waals surface area contributed by atoms with E-state index in [-0.39, 0.29) is 22.3 Å². The van der Waals surface area contributed by atoms with Gasteiger partial charge in [-0.15, -0.1) is 21.5 Å². The Bertz CT molecular complexity index is 1610. The number of rotatable bonds is 7. The third-order valence-electron chi connectivity index (χ3n) is 8.38. The molecule has 0 radical (unpaired) electrons. The zero-order valence-corrected chi connectivity index (χ0v) is 23.8. The Hall–Kier alpha value is -3.85. The predicted octanol–water partition coefficient (Wildman–Crippen LogP) is 4.23. The molecule has 3 atom stereocenters. The molecule has 1 amide bonds. The van der Waals surface area contributed by atoms with Gasteiger partial charge in [0.15, 0.2) is 10.8 Å². The largest absolute Gasteiger partial charge is 0.408 e. The second kappa shape index (κ2) is 10.2. The molecule has 2 saturated heterocycles. The second-order valence-corrected chi connectivity index (χ2v) is 12.3. The Kier molecular flexibility index (Phi) is 6.53. The second-order valence-electron chi connectivity index (χ2n) is 11.5. The van der Waals surface area contributed by atoms with Crippen LogP contribution in [0.15, 0.2) is 36.5 Å². The number of nitrogens with one attached hydrogen (secondary N) is 1. The lowest BCUT2D eigenvalue weighted by atomic mass is 10.0. The van der Waals surface area contributed by atoms with Gasteiger partial charge in [0, 0.05) is 43.7 Å². The van der Waals surface area contributed by atoms with Crippen molar-refractivity contribution in [2.75, 3.05) is 43.4 Å². The molecule has 0 spiro atoms. The maximum absolute atomic E-state index is 13.3. The summed E-state index contributed by atoms with van der Waals surface area (Å²) in [4.78, 5) is 31.5. The van der Waals surface area contributed by atoms with Crippen molar-refractivity contribution in [3.63, 3.8) is 0 Å². The summed E-state index contributed by atoms with van der Waals surface area (Å²) in [6.45, 7) is 5.03. The number of aromatic nitrogens is 7. The minimum atomic E-state index is -4.47. The number of halogens is 3. The summed E-state index contributed by atoms with van der Waals surface area (Å²) in [5, 5.41) is 12.0. The van der Waals surface area contributed by atoms with Crippen molar-refractivity contribution >= 4 is 28.7 Å². The molecule has 4 aromatic heterocycles. The van der Waals surface area contributed by atoms with Gasteiger partial charge in [0.05, 0.1) is 29.6 Å². The van der Waals surface area contributed by atoms with Gasteiger partial charge in [-0.25, -0.2) is 15.0 Å². The molecule has 15 heteroatoms. The molecule has 7 rings (SSSR count). The van der Waals surface area contributed by atoms with Gasteiger partial charge in [-0.1, -0.05) is 0 Å². The molecule has 3 aliphatic rings. The van der Waals surface area contributed by atoms with Crippen molar-refractivity contribution in [1.82, 2.24) is 39.2 Å². The van der Waals surface area contributed by atoms with Gasteiger partial charge in [0.25, 0.3) is 5.91 Å². The van der Waals surface area contributed by atoms with E-state index in [4.69, 9.17) is 0 Å². The lowest BCUT2D eigenvalue weighted by molar-refractivity contribution is -0.162. The molecule has 42 heavy (non-hydrogen) atoms. The summed E-state index contributed by atoms with van der Waals surface area (Å²) in [5.41, 5.74) is 3.03. The number of imidazole rings is 1. The van der Waals surface area contributed by atoms with Crippen LogP contribution in [0.25, 0.3) is 16.5 Å². The molecule has 1 aliphatic carbocycles. The number of likely N-dealkylation sites (tertiary alicyclic amines) is 1. The molecule has 220 valence electrons. The molecular formula is C27H29F3N10OS. The van der Waals surface area contributed by atoms with Crippen LogP contribution in [-0.4, -0.2) is 84.5 Å². The minimum Gasteiger partial charge on any atom is -0.368 e. The highest BCUT2D eigenvalue weighted by atomic mass is 32.1. The van der Waals surface area contributed by atoms with Crippen molar-refractivity contribution < 1.29 is 18.0 Å². The zero-order chi connectivity index (χ0) is 29.2. The Morgan fingerprint density at radius 1 is 1.10 bits per heavy atom. The van der Waals surface area contributed by atoms with Crippen LogP contribution in [0.4, 0.5) is 24.7 Å². The number of anilines is 2. The smallest absolute Gasteiger partial charge is 0.368 e. The topological polar surface area (TPSA) is 110 Å². The van der Waals surface area contributed by atoms with Gasteiger partial charge in [-0.3, -0.25) is 9.36 Å². The molecule has 3 unspecified atom stereocenters. The number of alkyl halides is 3. The first-order valence-electron chi connectivity index (χ1n) is 13.9. The molecule has 6 heterocycles. The van der Waals surface area contributed by atoms with Crippen LogP contribution in [0.2, 0.25) is 0 Å². The Labute approximate surface area is 243 Å². The number of hydrogen-bond donors (Lipinski definition) is 1. The monoisotopic (exact) mass is 598 g/mol. The highest BCUT2D eigenvalue weighted by Crippen LogP contribution is 2.40. The fourth-order valence-electron chi connectivity index (χ4n) is 5.95. The first-order valence-corrected chi connectivity index (χ1v) is 14.7. The normalized spacial score (nSPS) is 21.6. The number of thiazole rings is 1. The van der Waals surface area contributed by atoms with Gasteiger partial charge in [0.1, 0.15) is 23.9 Å². The van der Waals surface area contributed by atoms with Gasteiger partial charge in [-0.2, -0.15) is 13.2 Å². The van der Waals surface area contributed by atoms with E-state index in [1.165, 1.54) is 0 Å². The zero-order valence-electron chi connectivity index (χ0n) is 23.0. The number of carbonyl (C=O) groups excluding carboxylic acids is 1. The van der Waals surface area contributed by atoms with E-state index in [9.17, 15) is 18.0 Å². The summed E-state index contributed by atoms with van der Waals surface area (Å²) in [6.07, 6.45) is 4.41. The molecule has 4 aromatic rings. The number of amides is 1. The predicted molar refractivity (Wildman–Crippen MR) is 150 cm³/mol. The number of carbonyl (C=O) groups is 1. The van der Waals surface area contributed by atoms with E-state index in [2.05, 4.69) is 47.3 Å². The Morgan fingerprint density at radius 3 is 2.57 bits per heavy atom. The fourth-order valence-corrected chi connectivity index (χ4v) is 6.68. The molecule has 2 aliphatic heterocycles. The van der Waals surface area contributed by atoms with Crippen LogP contribution in [0.3, 0.4) is 0 Å². The van der Waals surface area contributed by atoms with Crippen molar-refractivity contribution in [2.45, 2.75) is 37.9 Å². The summed E-state index contributed by atoms with van der Waals surface area (Å²) < 4.78 is 42.8. The van der Waals surface area contributed by atoms with Crippen LogP contribution in [0.5, 0.6) is 0 Å². The number of nitrogens with zero attached hydrogens (tertiary/aromatic N) is 9. The fraction of sp³-hybridized carbons (Fsp3) is 0.481. The molecule has 11 nitrogen and oxygen atoms in total. The van der Waals surface area contributed by atoms with Crippen LogP contribution >= 0.6 is 11.3 Å². The summed E-state index contributed by atoms with van der Waals surface area (Å²) in [6, 6.07) is -0.0664. The molecule has 1 saturated carbocycles. The SMILES string of the molecule is CC(n1cnnc1-c1nc(NC(=O)c2cc(-n3cnc(C4CC4)c3)c(N3CC4CN(C)CC4C3)cn2)cs1)C(F)(F)F. The number of pyridine rings is 1. The quantitative estimate of drug-likeness (QED) is 0.337. The van der Waals surface area contributed by atoms with E-state index in [1.54, 1.807) is 24.0 Å². The van der Waals surface area contributed by atoms with Gasteiger partial charge >= 0.3 is 6.18 Å². The van der Waals surface area contributed by atoms with Crippen molar-refractivity contribution in [3.05, 3.63) is 47.9 Å². The van der Waals surface area contributed by atoms with Gasteiger partial charge in [-0.05, 0) is 44.7 Å². The molecule has 3 fully saturated rings. The summed E-state index contributed by atoms with van der Waals surface area (Å²) in [7, 11) is 2.16. The first kappa shape index (κ1) is 27.0. The average molecular weight is 599 g/mol. The third-order valence-corrected chi connectivity index (χ3v) is 9.22. The van der Waals surface area contributed by atoms with Crippen LogP contribution in [-0.2, 0) is 0 Å². The van der Waals surface area contributed by atoms with E-state index in [1.807, 2.05) is 10.8 Å². The maximum atomic E-state index is 13.3. The average Bonchev–Trinajstić information content (AvgIpc) is 3.44. The van der Waals surface area contributed by atoms with Crippen molar-refractivity contribution in [3.8, 4) is 16.5 Å². The van der Waals surface area contributed by atoms with E-state index in [0.29, 0.717) is 17.8 Å². The van der Waals surface area contributed by atoms with Crippen molar-refractivity contribution in [2.24, 2.45) is 11.8 Å². The number of hydrogen-bond acceptors (Lipinski definition) is 9. The van der Waals surface area contributed by atoms with Crippen LogP contribution < -0.4 is 10.2 Å². The summed E-state index contributed by atoms with van der Waals surface area (Å²) in [5.74, 6) is 1.37.